The van der Waals surface area contributed by atoms with Crippen LogP contribution in [0, 0.1) is 0 Å². The minimum Gasteiger partial charge on any atom is -0.449 e. The summed E-state index contributed by atoms with van der Waals surface area (Å²) in [5, 5.41) is 0.537. The van der Waals surface area contributed by atoms with Crippen LogP contribution in [0.15, 0.2) is 60.7 Å². The molecule has 0 saturated carbocycles. The van der Waals surface area contributed by atoms with Gasteiger partial charge in [0.1, 0.15) is 0 Å². The van der Waals surface area contributed by atoms with E-state index in [1.165, 1.54) is 11.0 Å². The van der Waals surface area contributed by atoms with Crippen molar-refractivity contribution in [2.75, 3.05) is 11.9 Å². The van der Waals surface area contributed by atoms with Crippen LogP contribution in [0.2, 0.25) is 5.02 Å². The minimum atomic E-state index is -0.890. The molecule has 0 fully saturated rings. The molecule has 1 atom stereocenters. The van der Waals surface area contributed by atoms with Gasteiger partial charge in [0.05, 0.1) is 0 Å². The highest BCUT2D eigenvalue weighted by atomic mass is 35.5. The lowest BCUT2D eigenvalue weighted by Gasteiger charge is -2.21. The molecule has 0 saturated heterocycles. The van der Waals surface area contributed by atoms with E-state index < -0.39 is 12.1 Å². The van der Waals surface area contributed by atoms with Crippen molar-refractivity contribution in [3.05, 3.63) is 71.3 Å². The Balaban J connectivity index is 1.96. The Hall–Kier alpha value is -2.59. The first-order valence-corrected chi connectivity index (χ1v) is 7.82. The number of carbonyl (C=O) groups excluding carboxylic acids is 2. The van der Waals surface area contributed by atoms with Gasteiger partial charge in [0, 0.05) is 23.8 Å². The third-order valence-corrected chi connectivity index (χ3v) is 3.76. The normalized spacial score (nSPS) is 12.0. The zero-order valence-electron chi connectivity index (χ0n) is 13.5. The molecule has 4 nitrogen and oxygen atoms in total. The molecule has 24 heavy (non-hydrogen) atoms. The quantitative estimate of drug-likeness (QED) is 0.610. The van der Waals surface area contributed by atoms with Crippen molar-refractivity contribution < 1.29 is 14.3 Å². The Bertz CT molecular complexity index is 743. The van der Waals surface area contributed by atoms with Gasteiger partial charge in [0.15, 0.2) is 6.10 Å². The smallest absolute Gasteiger partial charge is 0.331 e. The molecule has 0 unspecified atom stereocenters. The van der Waals surface area contributed by atoms with Crippen LogP contribution in [0.25, 0.3) is 6.08 Å². The van der Waals surface area contributed by atoms with E-state index in [9.17, 15) is 9.59 Å². The van der Waals surface area contributed by atoms with E-state index in [0.717, 1.165) is 5.69 Å². The lowest BCUT2D eigenvalue weighted by molar-refractivity contribution is -0.148. The zero-order valence-corrected chi connectivity index (χ0v) is 14.2. The molecule has 0 aliphatic rings. The van der Waals surface area contributed by atoms with Gasteiger partial charge in [0.2, 0.25) is 0 Å². The molecule has 5 heteroatoms. The molecule has 124 valence electrons. The highest BCUT2D eigenvalue weighted by Gasteiger charge is 2.21. The molecule has 2 rings (SSSR count). The lowest BCUT2D eigenvalue weighted by atomic mass is 10.2. The highest BCUT2D eigenvalue weighted by Crippen LogP contribution is 2.17. The molecular formula is C19H18ClNO3. The Morgan fingerprint density at radius 3 is 2.38 bits per heavy atom. The van der Waals surface area contributed by atoms with Crippen molar-refractivity contribution in [1.29, 1.82) is 0 Å². The average molecular weight is 344 g/mol. The fourth-order valence-electron chi connectivity index (χ4n) is 2.08. The van der Waals surface area contributed by atoms with Gasteiger partial charge in [-0.2, -0.15) is 0 Å². The van der Waals surface area contributed by atoms with Gasteiger partial charge >= 0.3 is 5.97 Å². The fraction of sp³-hybridized carbons (Fsp3) is 0.158. The molecule has 0 spiro atoms. The number of hydrogen-bond acceptors (Lipinski definition) is 3. The maximum absolute atomic E-state index is 12.3. The monoisotopic (exact) mass is 343 g/mol. The average Bonchev–Trinajstić information content (AvgIpc) is 2.60. The molecular weight excluding hydrogens is 326 g/mol. The second-order valence-corrected chi connectivity index (χ2v) is 5.57. The molecule has 0 heterocycles. The highest BCUT2D eigenvalue weighted by molar-refractivity contribution is 6.32. The first kappa shape index (κ1) is 17.8. The van der Waals surface area contributed by atoms with Crippen molar-refractivity contribution in [2.45, 2.75) is 13.0 Å². The van der Waals surface area contributed by atoms with Crippen molar-refractivity contribution >= 4 is 35.2 Å². The summed E-state index contributed by atoms with van der Waals surface area (Å²) >= 11 is 6.01. The predicted octanol–water partition coefficient (Wildman–Crippen LogP) is 3.95. The SMILES string of the molecule is C[C@@H](OC(=O)/C=C/c1ccccc1Cl)C(=O)N(C)c1ccccc1. The summed E-state index contributed by atoms with van der Waals surface area (Å²) in [4.78, 5) is 25.6. The zero-order chi connectivity index (χ0) is 17.5. The van der Waals surface area contributed by atoms with E-state index in [2.05, 4.69) is 0 Å². The second kappa shape index (κ2) is 8.31. The molecule has 0 aliphatic heterocycles. The standard InChI is InChI=1S/C19H18ClNO3/c1-14(19(23)21(2)16-9-4-3-5-10-16)24-18(22)13-12-15-8-6-7-11-17(15)20/h3-14H,1-2H3/b13-12+/t14-/m1/s1. The molecule has 0 aliphatic carbocycles. The van der Waals surface area contributed by atoms with Crippen molar-refractivity contribution in [2.24, 2.45) is 0 Å². The topological polar surface area (TPSA) is 46.6 Å². The summed E-state index contributed by atoms with van der Waals surface area (Å²) in [7, 11) is 1.64. The van der Waals surface area contributed by atoms with Crippen LogP contribution < -0.4 is 4.90 Å². The molecule has 2 aromatic carbocycles. The Morgan fingerprint density at radius 2 is 1.71 bits per heavy atom. The van der Waals surface area contributed by atoms with E-state index in [0.29, 0.717) is 10.6 Å². The molecule has 2 aromatic rings. The number of nitrogens with zero attached hydrogens (tertiary/aromatic N) is 1. The van der Waals surface area contributed by atoms with E-state index in [1.807, 2.05) is 36.4 Å². The number of hydrogen-bond donors (Lipinski definition) is 0. The predicted molar refractivity (Wildman–Crippen MR) is 95.9 cm³/mol. The van der Waals surface area contributed by atoms with E-state index >= 15 is 0 Å². The lowest BCUT2D eigenvalue weighted by Crippen LogP contribution is -2.37. The van der Waals surface area contributed by atoms with Gasteiger partial charge in [-0.3, -0.25) is 4.79 Å². The van der Waals surface area contributed by atoms with Gasteiger partial charge < -0.3 is 9.64 Å². The van der Waals surface area contributed by atoms with Crippen LogP contribution in [0.1, 0.15) is 12.5 Å². The van der Waals surface area contributed by atoms with Crippen molar-refractivity contribution in [3.63, 3.8) is 0 Å². The summed E-state index contributed by atoms with van der Waals surface area (Å²) in [6.45, 7) is 1.54. The van der Waals surface area contributed by atoms with Crippen LogP contribution in [0.3, 0.4) is 0 Å². The number of halogens is 1. The van der Waals surface area contributed by atoms with Gasteiger partial charge in [-0.05, 0) is 36.8 Å². The van der Waals surface area contributed by atoms with E-state index in [4.69, 9.17) is 16.3 Å². The number of esters is 1. The van der Waals surface area contributed by atoms with Crippen LogP contribution in [0.5, 0.6) is 0 Å². The van der Waals surface area contributed by atoms with Gasteiger partial charge in [-0.1, -0.05) is 48.0 Å². The Morgan fingerprint density at radius 1 is 1.08 bits per heavy atom. The number of rotatable bonds is 5. The van der Waals surface area contributed by atoms with Gasteiger partial charge in [-0.25, -0.2) is 4.79 Å². The first-order chi connectivity index (χ1) is 11.5. The number of carbonyl (C=O) groups is 2. The molecule has 0 radical (unpaired) electrons. The Kier molecular flexibility index (Phi) is 6.15. The Labute approximate surface area is 146 Å². The molecule has 0 N–H and O–H groups in total. The number of para-hydroxylation sites is 1. The summed E-state index contributed by atoms with van der Waals surface area (Å²) in [5.41, 5.74) is 1.44. The number of ether oxygens (including phenoxy) is 1. The van der Waals surface area contributed by atoms with Gasteiger partial charge in [0.25, 0.3) is 5.91 Å². The number of benzene rings is 2. The number of amides is 1. The van der Waals surface area contributed by atoms with E-state index in [1.54, 1.807) is 38.2 Å². The summed E-state index contributed by atoms with van der Waals surface area (Å²) in [6, 6.07) is 16.3. The summed E-state index contributed by atoms with van der Waals surface area (Å²) in [6.07, 6.45) is 1.93. The molecule has 0 aromatic heterocycles. The number of likely N-dealkylation sites (N-methyl/N-ethyl adjacent to an activating group) is 1. The van der Waals surface area contributed by atoms with Crippen LogP contribution in [-0.2, 0) is 14.3 Å². The summed E-state index contributed by atoms with van der Waals surface area (Å²) in [5.74, 6) is -0.905. The van der Waals surface area contributed by atoms with Crippen molar-refractivity contribution in [1.82, 2.24) is 0 Å². The van der Waals surface area contributed by atoms with Crippen molar-refractivity contribution in [3.8, 4) is 0 Å². The maximum atomic E-state index is 12.3. The fourth-order valence-corrected chi connectivity index (χ4v) is 2.28. The number of anilines is 1. The third kappa shape index (κ3) is 4.70. The molecule has 0 bridgehead atoms. The molecule has 1 amide bonds. The van der Waals surface area contributed by atoms with E-state index in [-0.39, 0.29) is 5.91 Å². The summed E-state index contributed by atoms with van der Waals surface area (Å²) < 4.78 is 5.16. The maximum Gasteiger partial charge on any atom is 0.331 e. The van der Waals surface area contributed by atoms with Crippen LogP contribution in [0.4, 0.5) is 5.69 Å². The van der Waals surface area contributed by atoms with Gasteiger partial charge in [-0.15, -0.1) is 0 Å². The largest absolute Gasteiger partial charge is 0.449 e. The van der Waals surface area contributed by atoms with Crippen LogP contribution in [-0.4, -0.2) is 25.0 Å². The van der Waals surface area contributed by atoms with Crippen LogP contribution >= 0.6 is 11.6 Å². The first-order valence-electron chi connectivity index (χ1n) is 7.45. The minimum absolute atomic E-state index is 0.305. The third-order valence-electron chi connectivity index (χ3n) is 3.42. The second-order valence-electron chi connectivity index (χ2n) is 5.17.